The van der Waals surface area contributed by atoms with E-state index in [0.29, 0.717) is 24.5 Å². The molecule has 5 atom stereocenters. The van der Waals surface area contributed by atoms with Crippen LogP contribution >= 0.6 is 0 Å². The van der Waals surface area contributed by atoms with Crippen LogP contribution in [0.5, 0.6) is 0 Å². The van der Waals surface area contributed by atoms with Crippen LogP contribution in [0.1, 0.15) is 65.2 Å². The Morgan fingerprint density at radius 2 is 2.00 bits per heavy atom. The van der Waals surface area contributed by atoms with Gasteiger partial charge in [-0.1, -0.05) is 13.8 Å². The molecule has 2 aliphatic carbocycles. The van der Waals surface area contributed by atoms with Crippen LogP contribution in [-0.2, 0) is 9.53 Å². The lowest BCUT2D eigenvalue weighted by Crippen LogP contribution is -2.57. The van der Waals surface area contributed by atoms with Gasteiger partial charge in [0, 0.05) is 24.2 Å². The lowest BCUT2D eigenvalue weighted by atomic mass is 9.58. The number of aliphatic hydroxyl groups is 1. The lowest BCUT2D eigenvalue weighted by Gasteiger charge is -2.54. The smallest absolute Gasteiger partial charge is 0.168 e. The zero-order chi connectivity index (χ0) is 13.7. The van der Waals surface area contributed by atoms with Gasteiger partial charge in [-0.3, -0.25) is 4.79 Å². The average Bonchev–Trinajstić information content (AvgIpc) is 2.75. The van der Waals surface area contributed by atoms with Crippen molar-refractivity contribution in [3.8, 4) is 0 Å². The quantitative estimate of drug-likeness (QED) is 0.835. The van der Waals surface area contributed by atoms with Crippen LogP contribution in [-0.4, -0.2) is 22.8 Å². The Bertz CT molecular complexity index is 380. The summed E-state index contributed by atoms with van der Waals surface area (Å²) in [6, 6.07) is 0. The number of fused-ring (bicyclic) bond motifs is 3. The van der Waals surface area contributed by atoms with Gasteiger partial charge in [0.2, 0.25) is 0 Å². The fraction of sp³-hybridized carbons (Fsp3) is 0.938. The Labute approximate surface area is 115 Å². The summed E-state index contributed by atoms with van der Waals surface area (Å²) in [4.78, 5) is 12.3. The van der Waals surface area contributed by atoms with Crippen molar-refractivity contribution < 1.29 is 14.6 Å². The Morgan fingerprint density at radius 1 is 1.21 bits per heavy atom. The molecule has 0 aromatic rings. The zero-order valence-electron chi connectivity index (χ0n) is 12.2. The van der Waals surface area contributed by atoms with Gasteiger partial charge in [0.25, 0.3) is 0 Å². The molecule has 1 aliphatic heterocycles. The van der Waals surface area contributed by atoms with Gasteiger partial charge >= 0.3 is 0 Å². The standard InChI is InChI=1S/C16H26O3/c1-3-11-5-6-13-12-7-8-14(17)15(12,4-2)9-10-16(13,18)19-11/h11-13,18H,3-10H2,1-2H3. The van der Waals surface area contributed by atoms with Crippen LogP contribution in [0.25, 0.3) is 0 Å². The molecule has 0 radical (unpaired) electrons. The molecule has 3 fully saturated rings. The van der Waals surface area contributed by atoms with Gasteiger partial charge in [-0.15, -0.1) is 0 Å². The average molecular weight is 266 g/mol. The summed E-state index contributed by atoms with van der Waals surface area (Å²) < 4.78 is 6.00. The molecular formula is C16H26O3. The van der Waals surface area contributed by atoms with E-state index < -0.39 is 5.79 Å². The minimum absolute atomic E-state index is 0.140. The van der Waals surface area contributed by atoms with Crippen molar-refractivity contribution in [1.29, 1.82) is 0 Å². The van der Waals surface area contributed by atoms with Gasteiger partial charge in [0.05, 0.1) is 6.10 Å². The predicted octanol–water partition coefficient (Wildman–Crippen LogP) is 3.05. The van der Waals surface area contributed by atoms with Crippen molar-refractivity contribution in [2.45, 2.75) is 77.1 Å². The maximum absolute atomic E-state index is 12.3. The second-order valence-electron chi connectivity index (χ2n) is 6.75. The first kappa shape index (κ1) is 13.6. The number of carbonyl (C=O) groups excluding carboxylic acids is 1. The van der Waals surface area contributed by atoms with E-state index in [1.165, 1.54) is 0 Å². The van der Waals surface area contributed by atoms with Gasteiger partial charge in [0.1, 0.15) is 5.78 Å². The van der Waals surface area contributed by atoms with Crippen LogP contribution in [0.15, 0.2) is 0 Å². The maximum atomic E-state index is 12.3. The minimum Gasteiger partial charge on any atom is -0.365 e. The van der Waals surface area contributed by atoms with E-state index in [1.807, 2.05) is 0 Å². The molecule has 3 rings (SSSR count). The first-order valence-corrected chi connectivity index (χ1v) is 7.99. The number of hydrogen-bond donors (Lipinski definition) is 1. The van der Waals surface area contributed by atoms with Crippen molar-refractivity contribution in [2.75, 3.05) is 0 Å². The Hall–Kier alpha value is -0.410. The highest BCUT2D eigenvalue weighted by molar-refractivity contribution is 5.87. The number of carbonyl (C=O) groups is 1. The summed E-state index contributed by atoms with van der Waals surface area (Å²) in [6.45, 7) is 4.26. The van der Waals surface area contributed by atoms with Crippen molar-refractivity contribution in [3.63, 3.8) is 0 Å². The number of Topliss-reactive ketones (excluding diaryl/α,β-unsaturated/α-hetero) is 1. The zero-order valence-corrected chi connectivity index (χ0v) is 12.2. The van der Waals surface area contributed by atoms with E-state index >= 15 is 0 Å². The molecule has 3 nitrogen and oxygen atoms in total. The molecule has 0 spiro atoms. The Balaban J connectivity index is 1.89. The summed E-state index contributed by atoms with van der Waals surface area (Å²) in [6.07, 6.45) is 7.29. The summed E-state index contributed by atoms with van der Waals surface area (Å²) in [7, 11) is 0. The van der Waals surface area contributed by atoms with E-state index in [1.54, 1.807) is 0 Å². The topological polar surface area (TPSA) is 46.5 Å². The van der Waals surface area contributed by atoms with Crippen molar-refractivity contribution in [2.24, 2.45) is 17.3 Å². The number of rotatable bonds is 2. The molecule has 2 saturated carbocycles. The van der Waals surface area contributed by atoms with Gasteiger partial charge in [0.15, 0.2) is 5.79 Å². The predicted molar refractivity (Wildman–Crippen MR) is 72.5 cm³/mol. The molecule has 0 bridgehead atoms. The molecule has 0 aromatic carbocycles. The molecule has 0 amide bonds. The Kier molecular flexibility index (Phi) is 3.25. The second kappa shape index (κ2) is 4.56. The molecular weight excluding hydrogens is 240 g/mol. The molecule has 108 valence electrons. The van der Waals surface area contributed by atoms with Crippen LogP contribution in [0.2, 0.25) is 0 Å². The fourth-order valence-corrected chi connectivity index (χ4v) is 5.04. The van der Waals surface area contributed by atoms with Crippen LogP contribution in [0.3, 0.4) is 0 Å². The fourth-order valence-electron chi connectivity index (χ4n) is 5.04. The number of hydrogen-bond acceptors (Lipinski definition) is 3. The summed E-state index contributed by atoms with van der Waals surface area (Å²) in [5.41, 5.74) is -0.140. The van der Waals surface area contributed by atoms with Crippen LogP contribution in [0.4, 0.5) is 0 Å². The van der Waals surface area contributed by atoms with Crippen LogP contribution < -0.4 is 0 Å². The molecule has 1 N–H and O–H groups in total. The molecule has 19 heavy (non-hydrogen) atoms. The monoisotopic (exact) mass is 266 g/mol. The molecule has 5 unspecified atom stereocenters. The highest BCUT2D eigenvalue weighted by Gasteiger charge is 2.61. The summed E-state index contributed by atoms with van der Waals surface area (Å²) in [5, 5.41) is 10.9. The van der Waals surface area contributed by atoms with Crippen LogP contribution in [0, 0.1) is 17.3 Å². The largest absolute Gasteiger partial charge is 0.365 e. The van der Waals surface area contributed by atoms with Gasteiger partial charge in [-0.2, -0.15) is 0 Å². The Morgan fingerprint density at radius 3 is 2.68 bits per heavy atom. The third kappa shape index (κ3) is 1.81. The molecule has 1 heterocycles. The first-order valence-electron chi connectivity index (χ1n) is 7.99. The van der Waals surface area contributed by atoms with E-state index in [2.05, 4.69) is 13.8 Å². The van der Waals surface area contributed by atoms with Crippen molar-refractivity contribution >= 4 is 5.78 Å². The van der Waals surface area contributed by atoms with E-state index in [4.69, 9.17) is 4.74 Å². The third-order valence-corrected chi connectivity index (χ3v) is 6.20. The van der Waals surface area contributed by atoms with E-state index in [9.17, 15) is 9.90 Å². The van der Waals surface area contributed by atoms with Gasteiger partial charge in [-0.05, 0) is 44.4 Å². The highest BCUT2D eigenvalue weighted by Crippen LogP contribution is 2.60. The van der Waals surface area contributed by atoms with Crippen molar-refractivity contribution in [1.82, 2.24) is 0 Å². The first-order chi connectivity index (χ1) is 9.05. The van der Waals surface area contributed by atoms with Gasteiger partial charge in [-0.25, -0.2) is 0 Å². The normalized spacial score (nSPS) is 49.8. The lowest BCUT2D eigenvalue weighted by molar-refractivity contribution is -0.315. The number of ether oxygens (including phenoxy) is 1. The van der Waals surface area contributed by atoms with Crippen molar-refractivity contribution in [3.05, 3.63) is 0 Å². The van der Waals surface area contributed by atoms with E-state index in [0.717, 1.165) is 38.5 Å². The van der Waals surface area contributed by atoms with E-state index in [-0.39, 0.29) is 17.4 Å². The molecule has 3 aliphatic rings. The molecule has 1 saturated heterocycles. The molecule has 0 aromatic heterocycles. The molecule has 3 heteroatoms. The summed E-state index contributed by atoms with van der Waals surface area (Å²) in [5.74, 6) is 0.0176. The third-order valence-electron chi connectivity index (χ3n) is 6.20. The second-order valence-corrected chi connectivity index (χ2v) is 6.75. The summed E-state index contributed by atoms with van der Waals surface area (Å²) >= 11 is 0. The van der Waals surface area contributed by atoms with Gasteiger partial charge < -0.3 is 9.84 Å². The highest BCUT2D eigenvalue weighted by atomic mass is 16.6. The minimum atomic E-state index is -0.952. The maximum Gasteiger partial charge on any atom is 0.168 e. The SMILES string of the molecule is CCC1CCC2C3CCC(=O)C3(CC)CCC2(O)O1. The number of ketones is 1.